The van der Waals surface area contributed by atoms with Crippen molar-refractivity contribution in [3.8, 4) is 0 Å². The summed E-state index contributed by atoms with van der Waals surface area (Å²) in [4.78, 5) is 2.37. The van der Waals surface area contributed by atoms with Crippen molar-refractivity contribution in [1.29, 1.82) is 0 Å². The van der Waals surface area contributed by atoms with Gasteiger partial charge in [-0.1, -0.05) is 39.3 Å². The molecule has 0 saturated heterocycles. The molecule has 1 N–H and O–H groups in total. The molecular formula is C10H22N2OSSi2. The van der Waals surface area contributed by atoms with Crippen LogP contribution in [0.25, 0.3) is 0 Å². The maximum atomic E-state index is 9.99. The summed E-state index contributed by atoms with van der Waals surface area (Å²) < 4.78 is 0. The zero-order valence-electron chi connectivity index (χ0n) is 11.2. The van der Waals surface area contributed by atoms with E-state index < -0.39 is 16.1 Å². The van der Waals surface area contributed by atoms with E-state index in [0.717, 1.165) is 15.5 Å². The third kappa shape index (κ3) is 2.54. The molecule has 1 aromatic heterocycles. The predicted octanol–water partition coefficient (Wildman–Crippen LogP) is 1.93. The van der Waals surface area contributed by atoms with Crippen LogP contribution in [0.4, 0.5) is 0 Å². The van der Waals surface area contributed by atoms with Crippen LogP contribution in [0.3, 0.4) is 0 Å². The van der Waals surface area contributed by atoms with Gasteiger partial charge in [0.1, 0.15) is 16.1 Å². The summed E-state index contributed by atoms with van der Waals surface area (Å²) in [6, 6.07) is 0. The summed E-state index contributed by atoms with van der Waals surface area (Å²) in [6.45, 7) is 13.5. The fourth-order valence-corrected chi connectivity index (χ4v) is 7.45. The van der Waals surface area contributed by atoms with Gasteiger partial charge in [0.2, 0.25) is 0 Å². The normalized spacial score (nSPS) is 13.2. The summed E-state index contributed by atoms with van der Waals surface area (Å²) in [5.74, 6) is 0. The lowest BCUT2D eigenvalue weighted by molar-refractivity contribution is 0.158. The molecule has 92 valence electrons. The highest BCUT2D eigenvalue weighted by Crippen LogP contribution is 2.17. The molecular weight excluding hydrogens is 252 g/mol. The van der Waals surface area contributed by atoms with Crippen LogP contribution in [-0.4, -0.2) is 37.6 Å². The second-order valence-corrected chi connectivity index (χ2v) is 16.9. The lowest BCUT2D eigenvalue weighted by Crippen LogP contribution is -2.45. The minimum Gasteiger partial charge on any atom is -0.412 e. The molecule has 0 radical (unpaired) electrons. The molecule has 6 heteroatoms. The van der Waals surface area contributed by atoms with E-state index in [1.54, 1.807) is 11.8 Å². The van der Waals surface area contributed by atoms with Crippen molar-refractivity contribution in [2.24, 2.45) is 0 Å². The first-order chi connectivity index (χ1) is 7.09. The Morgan fingerprint density at radius 3 is 1.88 bits per heavy atom. The molecule has 16 heavy (non-hydrogen) atoms. The van der Waals surface area contributed by atoms with Crippen LogP contribution in [0.5, 0.6) is 0 Å². The molecule has 0 aliphatic carbocycles. The van der Waals surface area contributed by atoms with Gasteiger partial charge >= 0.3 is 0 Å². The smallest absolute Gasteiger partial charge is 0.107 e. The number of aromatic nitrogens is 2. The summed E-state index contributed by atoms with van der Waals surface area (Å²) in [5.41, 5.74) is 0. The first-order valence-corrected chi connectivity index (χ1v) is 13.7. The zero-order valence-corrected chi connectivity index (χ0v) is 14.1. The Morgan fingerprint density at radius 1 is 1.06 bits per heavy atom. The van der Waals surface area contributed by atoms with E-state index in [-0.39, 0.29) is 0 Å². The average molecular weight is 275 g/mol. The molecule has 0 amide bonds. The third-order valence-corrected chi connectivity index (χ3v) is 7.25. The van der Waals surface area contributed by atoms with Gasteiger partial charge in [-0.3, -0.25) is 0 Å². The van der Waals surface area contributed by atoms with Gasteiger partial charge in [0.05, 0.1) is 10.6 Å². The van der Waals surface area contributed by atoms with Crippen molar-refractivity contribution >= 4 is 38.5 Å². The molecule has 1 aromatic rings. The van der Waals surface area contributed by atoms with Gasteiger partial charge in [-0.15, -0.1) is 21.7 Å². The molecule has 0 aliphatic heterocycles. The Balaban J connectivity index is 3.48. The maximum Gasteiger partial charge on any atom is 0.107 e. The molecule has 0 aliphatic rings. The number of hydrogen-bond acceptors (Lipinski definition) is 3. The lowest BCUT2D eigenvalue weighted by Gasteiger charge is -2.18. The molecule has 0 bridgehead atoms. The van der Waals surface area contributed by atoms with E-state index in [0.29, 0.717) is 0 Å². The van der Waals surface area contributed by atoms with Gasteiger partial charge in [-0.05, 0) is 6.26 Å². The van der Waals surface area contributed by atoms with Gasteiger partial charge in [0.15, 0.2) is 0 Å². The molecule has 0 unspecified atom stereocenters. The van der Waals surface area contributed by atoms with Crippen LogP contribution in [0.2, 0.25) is 39.3 Å². The number of rotatable bonds is 3. The highest BCUT2D eigenvalue weighted by atomic mass is 32.2. The van der Waals surface area contributed by atoms with E-state index in [2.05, 4.69) is 50.6 Å². The van der Waals surface area contributed by atoms with Gasteiger partial charge < -0.3 is 5.21 Å². The molecule has 0 fully saturated rings. The number of thioether (sulfide) groups is 1. The maximum absolute atomic E-state index is 9.99. The Kier molecular flexibility index (Phi) is 3.66. The van der Waals surface area contributed by atoms with Gasteiger partial charge in [0.25, 0.3) is 0 Å². The highest BCUT2D eigenvalue weighted by molar-refractivity contribution is 7.99. The summed E-state index contributed by atoms with van der Waals surface area (Å²) in [6.07, 6.45) is 2.07. The largest absolute Gasteiger partial charge is 0.412 e. The number of hydrogen-bond donors (Lipinski definition) is 1. The Labute approximate surface area is 104 Å². The van der Waals surface area contributed by atoms with Crippen LogP contribution in [0.1, 0.15) is 0 Å². The van der Waals surface area contributed by atoms with Crippen molar-refractivity contribution in [2.75, 3.05) is 6.26 Å². The summed E-state index contributed by atoms with van der Waals surface area (Å²) in [7, 11) is -3.03. The third-order valence-electron chi connectivity index (χ3n) is 2.45. The first-order valence-electron chi connectivity index (χ1n) is 5.46. The fraction of sp³-hybridized carbons (Fsp3) is 0.700. The van der Waals surface area contributed by atoms with Crippen LogP contribution in [0, 0.1) is 0 Å². The molecule has 0 saturated carbocycles. The second-order valence-electron chi connectivity index (χ2n) is 6.12. The monoisotopic (exact) mass is 274 g/mol. The minimum absolute atomic E-state index is 1.07. The van der Waals surface area contributed by atoms with E-state index in [1.807, 2.05) is 0 Å². The summed E-state index contributed by atoms with van der Waals surface area (Å²) in [5, 5.41) is 16.6. The second kappa shape index (κ2) is 4.23. The van der Waals surface area contributed by atoms with Crippen molar-refractivity contribution in [3.63, 3.8) is 0 Å². The standard InChI is InChI=1S/C10H22N2OSSi2/c1-14-8-9(15(2,3)4)11-12(13)10(8)16(5,6)7/h13H,1-7H3. The lowest BCUT2D eigenvalue weighted by atomic mass is 10.7. The first kappa shape index (κ1) is 13.9. The van der Waals surface area contributed by atoms with Crippen molar-refractivity contribution < 1.29 is 5.21 Å². The molecule has 1 rings (SSSR count). The highest BCUT2D eigenvalue weighted by Gasteiger charge is 2.33. The SMILES string of the molecule is CSc1c([Si](C)(C)C)nn(O)c1[Si](C)(C)C. The van der Waals surface area contributed by atoms with Gasteiger partial charge in [-0.2, -0.15) is 0 Å². The topological polar surface area (TPSA) is 38.0 Å². The molecule has 3 nitrogen and oxygen atoms in total. The zero-order chi connectivity index (χ0) is 12.7. The number of nitrogens with zero attached hydrogens (tertiary/aromatic N) is 2. The van der Waals surface area contributed by atoms with Crippen LogP contribution in [-0.2, 0) is 0 Å². The van der Waals surface area contributed by atoms with Crippen LogP contribution in [0.15, 0.2) is 4.90 Å². The van der Waals surface area contributed by atoms with Crippen molar-refractivity contribution in [1.82, 2.24) is 9.94 Å². The Bertz CT molecular complexity index is 391. The molecule has 0 aromatic carbocycles. The van der Waals surface area contributed by atoms with E-state index in [1.165, 1.54) is 4.90 Å². The van der Waals surface area contributed by atoms with E-state index in [9.17, 15) is 5.21 Å². The molecule has 0 spiro atoms. The van der Waals surface area contributed by atoms with E-state index in [4.69, 9.17) is 0 Å². The van der Waals surface area contributed by atoms with Crippen molar-refractivity contribution in [2.45, 2.75) is 44.2 Å². The predicted molar refractivity (Wildman–Crippen MR) is 77.2 cm³/mol. The summed E-state index contributed by atoms with van der Waals surface area (Å²) >= 11 is 1.72. The fourth-order valence-electron chi connectivity index (χ4n) is 1.72. The Morgan fingerprint density at radius 2 is 1.56 bits per heavy atom. The van der Waals surface area contributed by atoms with Crippen LogP contribution < -0.4 is 10.6 Å². The Hall–Kier alpha value is -0.206. The quantitative estimate of drug-likeness (QED) is 0.520. The van der Waals surface area contributed by atoms with Gasteiger partial charge in [0, 0.05) is 4.90 Å². The van der Waals surface area contributed by atoms with Crippen LogP contribution >= 0.6 is 11.8 Å². The van der Waals surface area contributed by atoms with Gasteiger partial charge in [-0.25, -0.2) is 0 Å². The van der Waals surface area contributed by atoms with Crippen molar-refractivity contribution in [3.05, 3.63) is 0 Å². The molecule has 1 heterocycles. The average Bonchev–Trinajstić information content (AvgIpc) is 2.40. The van der Waals surface area contributed by atoms with E-state index >= 15 is 0 Å². The minimum atomic E-state index is -1.55. The molecule has 0 atom stereocenters.